The van der Waals surface area contributed by atoms with Crippen LogP contribution in [0.1, 0.15) is 22.8 Å². The molecule has 82 valence electrons. The lowest BCUT2D eigenvalue weighted by Gasteiger charge is -2.09. The number of aryl methyl sites for hydroxylation is 1. The number of carbonyl (C=O) groups excluding carboxylic acids is 1. The Hall–Kier alpha value is -1.16. The van der Waals surface area contributed by atoms with Gasteiger partial charge in [-0.25, -0.2) is 4.57 Å². The Morgan fingerprint density at radius 3 is 2.40 bits per heavy atom. The van der Waals surface area contributed by atoms with Crippen LogP contribution >= 0.6 is 7.82 Å². The van der Waals surface area contributed by atoms with E-state index >= 15 is 0 Å². The third-order valence-electron chi connectivity index (χ3n) is 1.80. The Morgan fingerprint density at radius 2 is 2.00 bits per heavy atom. The van der Waals surface area contributed by atoms with Crippen molar-refractivity contribution in [2.45, 2.75) is 13.8 Å². The highest BCUT2D eigenvalue weighted by atomic mass is 31.2. The van der Waals surface area contributed by atoms with Crippen LogP contribution in [-0.2, 0) is 4.57 Å². The molecule has 0 aliphatic rings. The van der Waals surface area contributed by atoms with Crippen LogP contribution in [0.3, 0.4) is 0 Å². The highest BCUT2D eigenvalue weighted by molar-refractivity contribution is 7.46. The van der Waals surface area contributed by atoms with Crippen molar-refractivity contribution in [2.24, 2.45) is 0 Å². The van der Waals surface area contributed by atoms with Gasteiger partial charge in [-0.1, -0.05) is 0 Å². The lowest BCUT2D eigenvalue weighted by atomic mass is 10.1. The summed E-state index contributed by atoms with van der Waals surface area (Å²) < 4.78 is 15.0. The number of hydrogen-bond donors (Lipinski definition) is 2. The molecule has 0 heterocycles. The fourth-order valence-electron chi connectivity index (χ4n) is 1.10. The van der Waals surface area contributed by atoms with Gasteiger partial charge in [-0.3, -0.25) is 14.6 Å². The molecule has 5 nitrogen and oxygen atoms in total. The zero-order valence-electron chi connectivity index (χ0n) is 8.30. The van der Waals surface area contributed by atoms with E-state index in [9.17, 15) is 9.36 Å². The first kappa shape index (κ1) is 11.9. The third-order valence-corrected chi connectivity index (χ3v) is 2.23. The minimum absolute atomic E-state index is 0.0772. The molecule has 1 aromatic rings. The molecular weight excluding hydrogens is 219 g/mol. The zero-order chi connectivity index (χ0) is 11.6. The molecule has 0 unspecified atom stereocenters. The quantitative estimate of drug-likeness (QED) is 0.609. The highest BCUT2D eigenvalue weighted by Crippen LogP contribution is 2.38. The van der Waals surface area contributed by atoms with Gasteiger partial charge in [-0.2, -0.15) is 0 Å². The number of benzene rings is 1. The van der Waals surface area contributed by atoms with E-state index in [1.807, 2.05) is 0 Å². The molecule has 0 saturated carbocycles. The largest absolute Gasteiger partial charge is 0.524 e. The van der Waals surface area contributed by atoms with Gasteiger partial charge in [0.2, 0.25) is 0 Å². The third kappa shape index (κ3) is 3.47. The average Bonchev–Trinajstić information content (AvgIpc) is 2.05. The van der Waals surface area contributed by atoms with E-state index < -0.39 is 7.82 Å². The molecule has 0 atom stereocenters. The predicted octanol–water partition coefficient (Wildman–Crippen LogP) is 1.67. The Morgan fingerprint density at radius 1 is 1.40 bits per heavy atom. The van der Waals surface area contributed by atoms with E-state index in [1.54, 1.807) is 6.92 Å². The first-order valence-corrected chi connectivity index (χ1v) is 5.69. The first-order valence-electron chi connectivity index (χ1n) is 4.16. The standard InChI is InChI=1S/C9H11O5P/c1-6-5-8(7(2)10)3-4-9(6)14-15(11,12)13/h3-5H,1-2H3,(H2,11,12,13). The number of rotatable bonds is 3. The van der Waals surface area contributed by atoms with Crippen molar-refractivity contribution < 1.29 is 23.7 Å². The molecule has 0 amide bonds. The van der Waals surface area contributed by atoms with Gasteiger partial charge < -0.3 is 4.52 Å². The minimum atomic E-state index is -4.54. The molecule has 0 radical (unpaired) electrons. The van der Waals surface area contributed by atoms with Crippen molar-refractivity contribution in [1.82, 2.24) is 0 Å². The maximum Gasteiger partial charge on any atom is 0.524 e. The van der Waals surface area contributed by atoms with Gasteiger partial charge in [0.25, 0.3) is 0 Å². The van der Waals surface area contributed by atoms with Gasteiger partial charge in [0, 0.05) is 5.56 Å². The van der Waals surface area contributed by atoms with Crippen molar-refractivity contribution in [2.75, 3.05) is 0 Å². The monoisotopic (exact) mass is 230 g/mol. The van der Waals surface area contributed by atoms with Crippen LogP contribution in [0.4, 0.5) is 0 Å². The molecule has 0 spiro atoms. The average molecular weight is 230 g/mol. The number of Topliss-reactive ketones (excluding diaryl/α,β-unsaturated/α-hetero) is 1. The lowest BCUT2D eigenvalue weighted by Crippen LogP contribution is -1.96. The zero-order valence-corrected chi connectivity index (χ0v) is 9.19. The lowest BCUT2D eigenvalue weighted by molar-refractivity contribution is 0.101. The van der Waals surface area contributed by atoms with Gasteiger partial charge in [0.15, 0.2) is 5.78 Å². The van der Waals surface area contributed by atoms with Gasteiger partial charge in [0.05, 0.1) is 0 Å². The van der Waals surface area contributed by atoms with Gasteiger partial charge in [-0.05, 0) is 37.6 Å². The van der Waals surface area contributed by atoms with E-state index in [0.29, 0.717) is 11.1 Å². The molecule has 0 fully saturated rings. The SMILES string of the molecule is CC(=O)c1ccc(OP(=O)(O)O)c(C)c1. The summed E-state index contributed by atoms with van der Waals surface area (Å²) in [5, 5.41) is 0. The van der Waals surface area contributed by atoms with Crippen molar-refractivity contribution in [3.8, 4) is 5.75 Å². The van der Waals surface area contributed by atoms with Crippen molar-refractivity contribution in [3.63, 3.8) is 0 Å². The summed E-state index contributed by atoms with van der Waals surface area (Å²) in [5.74, 6) is -0.0332. The molecule has 0 bridgehead atoms. The van der Waals surface area contributed by atoms with E-state index in [1.165, 1.54) is 25.1 Å². The van der Waals surface area contributed by atoms with E-state index in [4.69, 9.17) is 9.79 Å². The molecule has 1 aromatic carbocycles. The van der Waals surface area contributed by atoms with Crippen molar-refractivity contribution in [3.05, 3.63) is 29.3 Å². The molecule has 0 aliphatic heterocycles. The smallest absolute Gasteiger partial charge is 0.404 e. The number of phosphoric acid groups is 1. The minimum Gasteiger partial charge on any atom is -0.404 e. The molecule has 2 N–H and O–H groups in total. The van der Waals surface area contributed by atoms with Gasteiger partial charge in [0.1, 0.15) is 5.75 Å². The van der Waals surface area contributed by atoms with Crippen LogP contribution in [0.25, 0.3) is 0 Å². The topological polar surface area (TPSA) is 83.8 Å². The van der Waals surface area contributed by atoms with E-state index in [0.717, 1.165) is 0 Å². The van der Waals surface area contributed by atoms with Crippen LogP contribution in [0, 0.1) is 6.92 Å². The molecule has 0 saturated heterocycles. The predicted molar refractivity (Wildman–Crippen MR) is 53.9 cm³/mol. The van der Waals surface area contributed by atoms with E-state index in [2.05, 4.69) is 4.52 Å². The van der Waals surface area contributed by atoms with Crippen LogP contribution < -0.4 is 4.52 Å². The van der Waals surface area contributed by atoms with Crippen molar-refractivity contribution >= 4 is 13.6 Å². The maximum absolute atomic E-state index is 11.0. The van der Waals surface area contributed by atoms with E-state index in [-0.39, 0.29) is 11.5 Å². The Labute approximate surface area is 86.9 Å². The summed E-state index contributed by atoms with van der Waals surface area (Å²) in [6, 6.07) is 4.35. The highest BCUT2D eigenvalue weighted by Gasteiger charge is 2.17. The number of phosphoric ester groups is 1. The van der Waals surface area contributed by atoms with Gasteiger partial charge >= 0.3 is 7.82 Å². The fourth-order valence-corrected chi connectivity index (χ4v) is 1.56. The second-order valence-electron chi connectivity index (χ2n) is 3.12. The summed E-state index contributed by atoms with van der Waals surface area (Å²) >= 11 is 0. The number of ketones is 1. The van der Waals surface area contributed by atoms with Gasteiger partial charge in [-0.15, -0.1) is 0 Å². The molecule has 15 heavy (non-hydrogen) atoms. The summed E-state index contributed by atoms with van der Waals surface area (Å²) in [6.07, 6.45) is 0. The maximum atomic E-state index is 11.0. The Balaban J connectivity index is 3.04. The van der Waals surface area contributed by atoms with Crippen LogP contribution in [0.15, 0.2) is 18.2 Å². The number of carbonyl (C=O) groups is 1. The summed E-state index contributed by atoms with van der Waals surface area (Å²) in [5.41, 5.74) is 0.983. The Kier molecular flexibility index (Phi) is 3.29. The summed E-state index contributed by atoms with van der Waals surface area (Å²) in [6.45, 7) is 3.02. The summed E-state index contributed by atoms with van der Waals surface area (Å²) in [7, 11) is -4.54. The van der Waals surface area contributed by atoms with Crippen LogP contribution in [0.2, 0.25) is 0 Å². The normalized spacial score (nSPS) is 11.2. The molecule has 0 aromatic heterocycles. The fraction of sp³-hybridized carbons (Fsp3) is 0.222. The van der Waals surface area contributed by atoms with Crippen molar-refractivity contribution in [1.29, 1.82) is 0 Å². The van der Waals surface area contributed by atoms with Crippen LogP contribution in [-0.4, -0.2) is 15.6 Å². The Bertz CT molecular complexity index is 434. The second kappa shape index (κ2) is 4.14. The first-order chi connectivity index (χ1) is 6.79. The second-order valence-corrected chi connectivity index (χ2v) is 4.28. The molecule has 6 heteroatoms. The molecule has 1 rings (SSSR count). The number of hydrogen-bond acceptors (Lipinski definition) is 3. The molecule has 0 aliphatic carbocycles. The van der Waals surface area contributed by atoms with Crippen LogP contribution in [0.5, 0.6) is 5.75 Å². The summed E-state index contributed by atoms with van der Waals surface area (Å²) in [4.78, 5) is 28.2. The molecular formula is C9H11O5P.